The van der Waals surface area contributed by atoms with Crippen molar-refractivity contribution in [2.75, 3.05) is 24.7 Å². The number of hydrogen-bond donors (Lipinski definition) is 0. The molecule has 1 aliphatic rings. The maximum Gasteiger partial charge on any atom is 0.338 e. The summed E-state index contributed by atoms with van der Waals surface area (Å²) in [5, 5.41) is 3.99. The molecular weight excluding hydrogens is 372 g/mol. The number of carbonyl (C=O) groups excluding carboxylic acids is 2. The van der Waals surface area contributed by atoms with Crippen LogP contribution in [0.3, 0.4) is 0 Å². The predicted molar refractivity (Wildman–Crippen MR) is 96.1 cm³/mol. The molecule has 0 N–H and O–H groups in total. The molecule has 9 nitrogen and oxygen atoms in total. The second-order valence-corrected chi connectivity index (χ2v) is 8.43. The first-order chi connectivity index (χ1) is 12.9. The van der Waals surface area contributed by atoms with Gasteiger partial charge in [-0.1, -0.05) is 0 Å². The monoisotopic (exact) mass is 392 g/mol. The van der Waals surface area contributed by atoms with Crippen molar-refractivity contribution >= 4 is 21.7 Å². The number of carbonyl (C=O) groups is 2. The van der Waals surface area contributed by atoms with Crippen LogP contribution in [0.5, 0.6) is 0 Å². The molecule has 0 saturated carbocycles. The zero-order valence-corrected chi connectivity index (χ0v) is 15.6. The van der Waals surface area contributed by atoms with Gasteiger partial charge in [0.2, 0.25) is 0 Å². The molecule has 144 valence electrons. The summed E-state index contributed by atoms with van der Waals surface area (Å²) in [6, 6.07) is 6.17. The second kappa shape index (κ2) is 7.87. The molecule has 0 radical (unpaired) electrons. The molecule has 0 bridgehead atoms. The van der Waals surface area contributed by atoms with E-state index in [4.69, 9.17) is 4.74 Å². The van der Waals surface area contributed by atoms with Crippen molar-refractivity contribution in [3.05, 3.63) is 42.5 Å². The van der Waals surface area contributed by atoms with E-state index in [0.29, 0.717) is 18.5 Å². The standard InChI is InChI=1S/C17H20N4O5S/c1-2-20(15-7-8-27(24,25)10-15)16(22)9-26-17(23)13-3-5-14(6-4-13)21-12-18-11-19-21/h3-6,11-12,15H,2,7-10H2,1H3/t15-/m1/s1. The highest BCUT2D eigenvalue weighted by Gasteiger charge is 2.34. The Labute approximate surface area is 156 Å². The van der Waals surface area contributed by atoms with Gasteiger partial charge in [-0.3, -0.25) is 4.79 Å². The molecule has 1 fully saturated rings. The molecule has 2 aromatic rings. The topological polar surface area (TPSA) is 111 Å². The molecule has 0 spiro atoms. The SMILES string of the molecule is CCN(C(=O)COC(=O)c1ccc(-n2cncn2)cc1)[C@@H]1CCS(=O)(=O)C1. The fourth-order valence-corrected chi connectivity index (χ4v) is 4.78. The Kier molecular flexibility index (Phi) is 5.54. The van der Waals surface area contributed by atoms with Crippen LogP contribution in [0.15, 0.2) is 36.9 Å². The lowest BCUT2D eigenvalue weighted by Crippen LogP contribution is -2.43. The van der Waals surface area contributed by atoms with E-state index in [9.17, 15) is 18.0 Å². The molecule has 0 aliphatic carbocycles. The van der Waals surface area contributed by atoms with Gasteiger partial charge >= 0.3 is 5.97 Å². The lowest BCUT2D eigenvalue weighted by atomic mass is 10.2. The van der Waals surface area contributed by atoms with Gasteiger partial charge < -0.3 is 9.64 Å². The highest BCUT2D eigenvalue weighted by Crippen LogP contribution is 2.18. The van der Waals surface area contributed by atoms with Crippen LogP contribution in [0.25, 0.3) is 5.69 Å². The van der Waals surface area contributed by atoms with Gasteiger partial charge in [0.15, 0.2) is 16.4 Å². The Morgan fingerprint density at radius 2 is 2.04 bits per heavy atom. The van der Waals surface area contributed by atoms with E-state index in [0.717, 1.165) is 5.69 Å². The quantitative estimate of drug-likeness (QED) is 0.657. The summed E-state index contributed by atoms with van der Waals surface area (Å²) in [5.41, 5.74) is 1.04. The average Bonchev–Trinajstić information content (AvgIpc) is 3.30. The average molecular weight is 392 g/mol. The van der Waals surface area contributed by atoms with Gasteiger partial charge in [-0.2, -0.15) is 5.10 Å². The first-order valence-corrected chi connectivity index (χ1v) is 10.3. The minimum atomic E-state index is -3.09. The number of sulfone groups is 1. The zero-order chi connectivity index (χ0) is 19.4. The van der Waals surface area contributed by atoms with E-state index >= 15 is 0 Å². The van der Waals surface area contributed by atoms with Crippen molar-refractivity contribution in [1.82, 2.24) is 19.7 Å². The summed E-state index contributed by atoms with van der Waals surface area (Å²) in [7, 11) is -3.09. The number of rotatable bonds is 6. The Bertz CT molecular complexity index is 909. The van der Waals surface area contributed by atoms with Gasteiger partial charge in [-0.25, -0.2) is 22.9 Å². The second-order valence-electron chi connectivity index (χ2n) is 6.20. The number of benzene rings is 1. The molecule has 1 saturated heterocycles. The number of nitrogens with zero attached hydrogens (tertiary/aromatic N) is 4. The largest absolute Gasteiger partial charge is 0.452 e. The Balaban J connectivity index is 1.57. The van der Waals surface area contributed by atoms with Crippen LogP contribution in [0.4, 0.5) is 0 Å². The molecule has 1 aliphatic heterocycles. The van der Waals surface area contributed by atoms with Crippen LogP contribution in [-0.4, -0.2) is 70.7 Å². The minimum Gasteiger partial charge on any atom is -0.452 e. The predicted octanol–water partition coefficient (Wildman–Crippen LogP) is 0.460. The van der Waals surface area contributed by atoms with E-state index in [2.05, 4.69) is 10.1 Å². The summed E-state index contributed by atoms with van der Waals surface area (Å²) in [6.45, 7) is 1.71. The number of ether oxygens (including phenoxy) is 1. The molecule has 1 atom stereocenters. The highest BCUT2D eigenvalue weighted by molar-refractivity contribution is 7.91. The van der Waals surface area contributed by atoms with Gasteiger partial charge in [0.25, 0.3) is 5.91 Å². The van der Waals surface area contributed by atoms with Crippen molar-refractivity contribution in [2.45, 2.75) is 19.4 Å². The van der Waals surface area contributed by atoms with Gasteiger partial charge in [-0.05, 0) is 37.6 Å². The van der Waals surface area contributed by atoms with Crippen molar-refractivity contribution in [1.29, 1.82) is 0 Å². The van der Waals surface area contributed by atoms with Crippen LogP contribution in [0.1, 0.15) is 23.7 Å². The third-order valence-electron chi connectivity index (χ3n) is 4.42. The summed E-state index contributed by atoms with van der Waals surface area (Å²) >= 11 is 0. The van der Waals surface area contributed by atoms with E-state index in [1.807, 2.05) is 0 Å². The maximum atomic E-state index is 12.4. The van der Waals surface area contributed by atoms with Crippen LogP contribution in [0.2, 0.25) is 0 Å². The zero-order valence-electron chi connectivity index (χ0n) is 14.8. The highest BCUT2D eigenvalue weighted by atomic mass is 32.2. The molecule has 2 heterocycles. The molecule has 1 aromatic heterocycles. The fourth-order valence-electron chi connectivity index (χ4n) is 3.04. The molecular formula is C17H20N4O5S. The van der Waals surface area contributed by atoms with Crippen LogP contribution < -0.4 is 0 Å². The van der Waals surface area contributed by atoms with Crippen LogP contribution in [-0.2, 0) is 19.4 Å². The number of amides is 1. The third-order valence-corrected chi connectivity index (χ3v) is 6.17. The van der Waals surface area contributed by atoms with Gasteiger partial charge in [0.05, 0.1) is 22.8 Å². The molecule has 0 unspecified atom stereocenters. The minimum absolute atomic E-state index is 0.0374. The maximum absolute atomic E-state index is 12.4. The summed E-state index contributed by atoms with van der Waals surface area (Å²) in [6.07, 6.45) is 3.36. The summed E-state index contributed by atoms with van der Waals surface area (Å²) < 4.78 is 29.9. The molecule has 10 heteroatoms. The van der Waals surface area contributed by atoms with Gasteiger partial charge in [-0.15, -0.1) is 0 Å². The Morgan fingerprint density at radius 3 is 2.59 bits per heavy atom. The smallest absolute Gasteiger partial charge is 0.338 e. The Morgan fingerprint density at radius 1 is 1.30 bits per heavy atom. The molecule has 1 amide bonds. The lowest BCUT2D eigenvalue weighted by molar-refractivity contribution is -0.136. The van der Waals surface area contributed by atoms with E-state index in [1.54, 1.807) is 35.9 Å². The number of likely N-dealkylation sites (N-methyl/N-ethyl adjacent to an activating group) is 1. The van der Waals surface area contributed by atoms with E-state index < -0.39 is 28.3 Å². The molecule has 3 rings (SSSR count). The lowest BCUT2D eigenvalue weighted by Gasteiger charge is -2.26. The number of hydrogen-bond acceptors (Lipinski definition) is 7. The first-order valence-electron chi connectivity index (χ1n) is 8.51. The van der Waals surface area contributed by atoms with E-state index in [1.165, 1.54) is 17.6 Å². The first kappa shape index (κ1) is 19.0. The summed E-state index contributed by atoms with van der Waals surface area (Å²) in [5.74, 6) is -0.973. The fraction of sp³-hybridized carbons (Fsp3) is 0.412. The normalized spacial score (nSPS) is 18.2. The van der Waals surface area contributed by atoms with Gasteiger partial charge in [0, 0.05) is 12.6 Å². The number of esters is 1. The van der Waals surface area contributed by atoms with Crippen molar-refractivity contribution in [3.8, 4) is 5.69 Å². The molecule has 1 aromatic carbocycles. The number of aromatic nitrogens is 3. The Hall–Kier alpha value is -2.75. The summed E-state index contributed by atoms with van der Waals surface area (Å²) in [4.78, 5) is 29.8. The van der Waals surface area contributed by atoms with E-state index in [-0.39, 0.29) is 17.5 Å². The van der Waals surface area contributed by atoms with Crippen molar-refractivity contribution < 1.29 is 22.7 Å². The van der Waals surface area contributed by atoms with Gasteiger partial charge in [0.1, 0.15) is 12.7 Å². The van der Waals surface area contributed by atoms with Crippen molar-refractivity contribution in [2.24, 2.45) is 0 Å². The van der Waals surface area contributed by atoms with Crippen LogP contribution >= 0.6 is 0 Å². The van der Waals surface area contributed by atoms with Crippen molar-refractivity contribution in [3.63, 3.8) is 0 Å². The third kappa shape index (κ3) is 4.51. The van der Waals surface area contributed by atoms with Crippen LogP contribution in [0, 0.1) is 0 Å². The molecule has 27 heavy (non-hydrogen) atoms.